The number of carbonyl (C=O) groups excluding carboxylic acids is 1. The first-order chi connectivity index (χ1) is 11.5. The Balaban J connectivity index is 1.87. The molecule has 2 heterocycles. The Morgan fingerprint density at radius 1 is 1.17 bits per heavy atom. The van der Waals surface area contributed by atoms with Crippen molar-refractivity contribution in [2.24, 2.45) is 0 Å². The van der Waals surface area contributed by atoms with E-state index in [-0.39, 0.29) is 5.91 Å². The van der Waals surface area contributed by atoms with E-state index in [9.17, 15) is 4.79 Å². The van der Waals surface area contributed by atoms with Crippen molar-refractivity contribution in [1.29, 1.82) is 0 Å². The first-order valence-corrected chi connectivity index (χ1v) is 7.95. The van der Waals surface area contributed by atoms with Crippen molar-refractivity contribution in [2.45, 2.75) is 13.3 Å². The van der Waals surface area contributed by atoms with Crippen LogP contribution in [0.3, 0.4) is 0 Å². The molecule has 1 amide bonds. The second-order valence-corrected chi connectivity index (χ2v) is 6.05. The number of hydrogen-bond acceptors (Lipinski definition) is 4. The predicted octanol–water partition coefficient (Wildman–Crippen LogP) is 3.49. The maximum absolute atomic E-state index is 12.3. The maximum atomic E-state index is 12.3. The first-order valence-electron chi connectivity index (χ1n) is 7.95. The van der Waals surface area contributed by atoms with Gasteiger partial charge in [-0.15, -0.1) is 0 Å². The molecule has 0 spiro atoms. The SMILES string of the molecule is Cc1oc2ccc(NC(=O)c3ccccc3)nc2c1CCN(C)C. The number of aryl methyl sites for hydroxylation is 1. The highest BCUT2D eigenvalue weighted by molar-refractivity contribution is 6.04. The Labute approximate surface area is 141 Å². The van der Waals surface area contributed by atoms with Gasteiger partial charge in [-0.25, -0.2) is 4.98 Å². The van der Waals surface area contributed by atoms with Crippen LogP contribution in [0.2, 0.25) is 0 Å². The average molecular weight is 323 g/mol. The van der Waals surface area contributed by atoms with Crippen molar-refractivity contribution in [3.05, 3.63) is 59.4 Å². The molecule has 3 rings (SSSR count). The Morgan fingerprint density at radius 3 is 2.62 bits per heavy atom. The summed E-state index contributed by atoms with van der Waals surface area (Å²) >= 11 is 0. The van der Waals surface area contributed by atoms with Crippen LogP contribution in [0.1, 0.15) is 21.7 Å². The molecule has 2 aromatic heterocycles. The van der Waals surface area contributed by atoms with E-state index in [1.165, 1.54) is 0 Å². The highest BCUT2D eigenvalue weighted by Gasteiger charge is 2.14. The van der Waals surface area contributed by atoms with Crippen molar-refractivity contribution < 1.29 is 9.21 Å². The molecule has 24 heavy (non-hydrogen) atoms. The molecule has 5 heteroatoms. The van der Waals surface area contributed by atoms with Gasteiger partial charge in [0, 0.05) is 17.7 Å². The Hall–Kier alpha value is -2.66. The molecule has 124 valence electrons. The molecule has 1 aromatic carbocycles. The summed E-state index contributed by atoms with van der Waals surface area (Å²) in [4.78, 5) is 19.0. The monoisotopic (exact) mass is 323 g/mol. The molecule has 0 aliphatic rings. The predicted molar refractivity (Wildman–Crippen MR) is 95.4 cm³/mol. The number of likely N-dealkylation sites (N-methyl/N-ethyl adjacent to an activating group) is 1. The van der Waals surface area contributed by atoms with Gasteiger partial charge in [0.25, 0.3) is 5.91 Å². The second-order valence-electron chi connectivity index (χ2n) is 6.05. The van der Waals surface area contributed by atoms with Gasteiger partial charge < -0.3 is 14.6 Å². The fourth-order valence-corrected chi connectivity index (χ4v) is 2.62. The molecule has 0 fully saturated rings. The van der Waals surface area contributed by atoms with Gasteiger partial charge in [0.15, 0.2) is 5.58 Å². The molecule has 0 atom stereocenters. The maximum Gasteiger partial charge on any atom is 0.256 e. The van der Waals surface area contributed by atoms with E-state index in [0.717, 1.165) is 35.4 Å². The fraction of sp³-hybridized carbons (Fsp3) is 0.263. The highest BCUT2D eigenvalue weighted by atomic mass is 16.3. The fourth-order valence-electron chi connectivity index (χ4n) is 2.62. The van der Waals surface area contributed by atoms with Gasteiger partial charge in [-0.1, -0.05) is 18.2 Å². The smallest absolute Gasteiger partial charge is 0.256 e. The molecule has 0 saturated carbocycles. The number of fused-ring (bicyclic) bond motifs is 1. The molecule has 3 aromatic rings. The molecular formula is C19H21N3O2. The van der Waals surface area contributed by atoms with E-state index in [2.05, 4.69) is 15.2 Å². The molecule has 0 aliphatic heterocycles. The number of aromatic nitrogens is 1. The Kier molecular flexibility index (Phi) is 4.62. The standard InChI is InChI=1S/C19H21N3O2/c1-13-15(11-12-22(2)3)18-16(24-13)9-10-17(20-18)21-19(23)14-7-5-4-6-8-14/h4-10H,11-12H2,1-3H3,(H,20,21,23). The number of amides is 1. The van der Waals surface area contributed by atoms with Crippen LogP contribution < -0.4 is 5.32 Å². The average Bonchev–Trinajstić information content (AvgIpc) is 2.88. The molecule has 0 aliphatic carbocycles. The van der Waals surface area contributed by atoms with Crippen LogP contribution >= 0.6 is 0 Å². The summed E-state index contributed by atoms with van der Waals surface area (Å²) < 4.78 is 5.78. The van der Waals surface area contributed by atoms with Gasteiger partial charge in [0.05, 0.1) is 0 Å². The summed E-state index contributed by atoms with van der Waals surface area (Å²) in [6.07, 6.45) is 0.856. The van der Waals surface area contributed by atoms with Gasteiger partial charge in [-0.3, -0.25) is 4.79 Å². The number of nitrogens with zero attached hydrogens (tertiary/aromatic N) is 2. The molecule has 0 bridgehead atoms. The molecule has 0 radical (unpaired) electrons. The van der Waals surface area contributed by atoms with Crippen molar-refractivity contribution in [3.63, 3.8) is 0 Å². The molecular weight excluding hydrogens is 302 g/mol. The van der Waals surface area contributed by atoms with Crippen LogP contribution in [-0.2, 0) is 6.42 Å². The van der Waals surface area contributed by atoms with E-state index in [1.807, 2.05) is 45.3 Å². The summed E-state index contributed by atoms with van der Waals surface area (Å²) in [5.74, 6) is 1.24. The lowest BCUT2D eigenvalue weighted by molar-refractivity contribution is 0.102. The third-order valence-electron chi connectivity index (χ3n) is 3.92. The molecule has 0 saturated heterocycles. The third kappa shape index (κ3) is 3.46. The highest BCUT2D eigenvalue weighted by Crippen LogP contribution is 2.26. The zero-order chi connectivity index (χ0) is 17.1. The first kappa shape index (κ1) is 16.2. The van der Waals surface area contributed by atoms with Crippen LogP contribution in [0.4, 0.5) is 5.82 Å². The summed E-state index contributed by atoms with van der Waals surface area (Å²) in [6, 6.07) is 12.7. The van der Waals surface area contributed by atoms with Crippen LogP contribution in [0, 0.1) is 6.92 Å². The van der Waals surface area contributed by atoms with Gasteiger partial charge in [-0.05, 0) is 51.7 Å². The largest absolute Gasteiger partial charge is 0.459 e. The van der Waals surface area contributed by atoms with E-state index < -0.39 is 0 Å². The zero-order valence-corrected chi connectivity index (χ0v) is 14.2. The number of nitrogens with one attached hydrogen (secondary N) is 1. The lowest BCUT2D eigenvalue weighted by atomic mass is 10.1. The topological polar surface area (TPSA) is 58.4 Å². The van der Waals surface area contributed by atoms with Gasteiger partial charge in [-0.2, -0.15) is 0 Å². The summed E-state index contributed by atoms with van der Waals surface area (Å²) in [5.41, 5.74) is 3.27. The van der Waals surface area contributed by atoms with Crippen LogP contribution in [-0.4, -0.2) is 36.4 Å². The normalized spacial score (nSPS) is 11.2. The minimum atomic E-state index is -0.169. The van der Waals surface area contributed by atoms with E-state index >= 15 is 0 Å². The number of furan rings is 1. The van der Waals surface area contributed by atoms with E-state index in [0.29, 0.717) is 11.4 Å². The van der Waals surface area contributed by atoms with Gasteiger partial charge >= 0.3 is 0 Å². The lowest BCUT2D eigenvalue weighted by Gasteiger charge is -2.08. The number of rotatable bonds is 5. The molecule has 5 nitrogen and oxygen atoms in total. The quantitative estimate of drug-likeness (QED) is 0.781. The van der Waals surface area contributed by atoms with Crippen molar-refractivity contribution in [3.8, 4) is 0 Å². The van der Waals surface area contributed by atoms with Crippen LogP contribution in [0.25, 0.3) is 11.1 Å². The minimum Gasteiger partial charge on any atom is -0.459 e. The number of benzene rings is 1. The third-order valence-corrected chi connectivity index (χ3v) is 3.92. The summed E-state index contributed by atoms with van der Waals surface area (Å²) in [7, 11) is 4.08. The number of carbonyl (C=O) groups is 1. The van der Waals surface area contributed by atoms with Crippen LogP contribution in [0.5, 0.6) is 0 Å². The van der Waals surface area contributed by atoms with Crippen molar-refractivity contribution in [2.75, 3.05) is 26.0 Å². The summed E-state index contributed by atoms with van der Waals surface area (Å²) in [6.45, 7) is 2.87. The van der Waals surface area contributed by atoms with Gasteiger partial charge in [0.1, 0.15) is 17.1 Å². The number of hydrogen-bond donors (Lipinski definition) is 1. The number of pyridine rings is 1. The molecule has 1 N–H and O–H groups in total. The molecule has 0 unspecified atom stereocenters. The second kappa shape index (κ2) is 6.84. The van der Waals surface area contributed by atoms with Gasteiger partial charge in [0.2, 0.25) is 0 Å². The number of anilines is 1. The van der Waals surface area contributed by atoms with E-state index in [4.69, 9.17) is 4.42 Å². The van der Waals surface area contributed by atoms with E-state index in [1.54, 1.807) is 18.2 Å². The van der Waals surface area contributed by atoms with Crippen LogP contribution in [0.15, 0.2) is 46.9 Å². The lowest BCUT2D eigenvalue weighted by Crippen LogP contribution is -2.15. The summed E-state index contributed by atoms with van der Waals surface area (Å²) in [5, 5.41) is 2.85. The van der Waals surface area contributed by atoms with Crippen molar-refractivity contribution >= 4 is 22.8 Å². The minimum absolute atomic E-state index is 0.169. The Morgan fingerprint density at radius 2 is 1.92 bits per heavy atom. The zero-order valence-electron chi connectivity index (χ0n) is 14.2. The Bertz CT molecular complexity index is 854. The van der Waals surface area contributed by atoms with Crippen molar-refractivity contribution in [1.82, 2.24) is 9.88 Å².